The van der Waals surface area contributed by atoms with E-state index in [4.69, 9.17) is 22.4 Å². The summed E-state index contributed by atoms with van der Waals surface area (Å²) in [5, 5.41) is 10.5. The van der Waals surface area contributed by atoms with Gasteiger partial charge in [-0.2, -0.15) is 0 Å². The monoisotopic (exact) mass is 281 g/mol. The van der Waals surface area contributed by atoms with Gasteiger partial charge in [-0.15, -0.1) is 0 Å². The number of aromatic carboxylic acids is 1. The molecule has 0 spiro atoms. The lowest BCUT2D eigenvalue weighted by Crippen LogP contribution is -2.02. The number of nitrogen functional groups attached to an aromatic ring is 1. The van der Waals surface area contributed by atoms with E-state index in [1.165, 1.54) is 18.5 Å². The smallest absolute Gasteiger partial charge is 0.338 e. The van der Waals surface area contributed by atoms with Crippen LogP contribution in [0.3, 0.4) is 0 Å². The third-order valence-electron chi connectivity index (χ3n) is 2.00. The van der Waals surface area contributed by atoms with E-state index in [0.717, 1.165) is 11.8 Å². The largest absolute Gasteiger partial charge is 0.478 e. The molecule has 0 aliphatic rings. The summed E-state index contributed by atoms with van der Waals surface area (Å²) < 4.78 is 0. The number of carboxylic acid groups (broad SMARTS) is 1. The van der Waals surface area contributed by atoms with Crippen LogP contribution in [0.15, 0.2) is 40.6 Å². The Morgan fingerprint density at radius 1 is 1.33 bits per heavy atom. The minimum Gasteiger partial charge on any atom is -0.478 e. The van der Waals surface area contributed by atoms with Crippen LogP contribution in [0, 0.1) is 0 Å². The van der Waals surface area contributed by atoms with E-state index >= 15 is 0 Å². The lowest BCUT2D eigenvalue weighted by atomic mass is 10.3. The molecule has 18 heavy (non-hydrogen) atoms. The Balaban J connectivity index is 2.34. The molecule has 0 radical (unpaired) electrons. The van der Waals surface area contributed by atoms with Crippen molar-refractivity contribution in [3.63, 3.8) is 0 Å². The molecule has 0 amide bonds. The second kappa shape index (κ2) is 5.24. The van der Waals surface area contributed by atoms with Crippen molar-refractivity contribution in [2.45, 2.75) is 10.1 Å². The van der Waals surface area contributed by atoms with Crippen molar-refractivity contribution in [3.8, 4) is 0 Å². The first-order valence-electron chi connectivity index (χ1n) is 4.84. The highest BCUT2D eigenvalue weighted by Gasteiger charge is 2.13. The highest BCUT2D eigenvalue weighted by molar-refractivity contribution is 7.99. The summed E-state index contributed by atoms with van der Waals surface area (Å²) in [5.41, 5.74) is 5.87. The van der Waals surface area contributed by atoms with Gasteiger partial charge in [-0.3, -0.25) is 0 Å². The van der Waals surface area contributed by atoms with Gasteiger partial charge in [0.05, 0.1) is 22.5 Å². The van der Waals surface area contributed by atoms with Crippen LogP contribution < -0.4 is 5.73 Å². The van der Waals surface area contributed by atoms with E-state index in [0.29, 0.717) is 20.8 Å². The Morgan fingerprint density at radius 2 is 2.11 bits per heavy atom. The fourth-order valence-corrected chi connectivity index (χ4v) is 2.14. The topological polar surface area (TPSA) is 89.1 Å². The average Bonchev–Trinajstić information content (AvgIpc) is 2.34. The molecule has 2 aromatic rings. The summed E-state index contributed by atoms with van der Waals surface area (Å²) in [4.78, 5) is 19.1. The van der Waals surface area contributed by atoms with Gasteiger partial charge in [-0.1, -0.05) is 11.6 Å². The van der Waals surface area contributed by atoms with Crippen LogP contribution in [0.1, 0.15) is 10.4 Å². The van der Waals surface area contributed by atoms with Gasteiger partial charge in [0, 0.05) is 6.20 Å². The van der Waals surface area contributed by atoms with Crippen molar-refractivity contribution >= 4 is 35.0 Å². The van der Waals surface area contributed by atoms with E-state index < -0.39 is 5.97 Å². The number of carboxylic acids is 1. The minimum absolute atomic E-state index is 0.0525. The summed E-state index contributed by atoms with van der Waals surface area (Å²) in [6.45, 7) is 0. The first kappa shape index (κ1) is 12.7. The van der Waals surface area contributed by atoms with Gasteiger partial charge in [-0.05, 0) is 30.0 Å². The molecule has 0 saturated heterocycles. The molecule has 0 aliphatic heterocycles. The van der Waals surface area contributed by atoms with Crippen LogP contribution in [0.2, 0.25) is 5.02 Å². The zero-order valence-corrected chi connectivity index (χ0v) is 10.6. The Labute approximate surface area is 112 Å². The van der Waals surface area contributed by atoms with Gasteiger partial charge in [0.1, 0.15) is 10.1 Å². The van der Waals surface area contributed by atoms with Gasteiger partial charge in [-0.25, -0.2) is 14.8 Å². The molecule has 0 bridgehead atoms. The van der Waals surface area contributed by atoms with Crippen molar-refractivity contribution in [3.05, 3.63) is 41.2 Å². The summed E-state index contributed by atoms with van der Waals surface area (Å²) in [6, 6.07) is 4.74. The van der Waals surface area contributed by atoms with Gasteiger partial charge < -0.3 is 10.8 Å². The predicted molar refractivity (Wildman–Crippen MR) is 69.0 cm³/mol. The molecule has 0 aromatic carbocycles. The quantitative estimate of drug-likeness (QED) is 0.899. The number of pyridine rings is 2. The fourth-order valence-electron chi connectivity index (χ4n) is 1.22. The maximum Gasteiger partial charge on any atom is 0.338 e. The van der Waals surface area contributed by atoms with E-state index in [1.807, 2.05) is 0 Å². The molecule has 2 aromatic heterocycles. The predicted octanol–water partition coefficient (Wildman–Crippen LogP) is 2.56. The molecule has 0 unspecified atom stereocenters. The van der Waals surface area contributed by atoms with Crippen LogP contribution in [-0.2, 0) is 0 Å². The molecule has 3 N–H and O–H groups in total. The van der Waals surface area contributed by atoms with Crippen molar-refractivity contribution in [2.24, 2.45) is 0 Å². The summed E-state index contributed by atoms with van der Waals surface area (Å²) in [5.74, 6) is -1.08. The third kappa shape index (κ3) is 2.91. The van der Waals surface area contributed by atoms with Crippen LogP contribution in [0.5, 0.6) is 0 Å². The zero-order chi connectivity index (χ0) is 13.1. The van der Waals surface area contributed by atoms with Crippen molar-refractivity contribution in [2.75, 3.05) is 5.73 Å². The number of hydrogen-bond acceptors (Lipinski definition) is 5. The SMILES string of the molecule is Nc1cnc(Sc2ccc(Cl)cn2)c(C(=O)O)c1. The molecule has 2 rings (SSSR count). The second-order valence-electron chi connectivity index (χ2n) is 3.34. The van der Waals surface area contributed by atoms with Crippen molar-refractivity contribution in [1.82, 2.24) is 9.97 Å². The first-order valence-corrected chi connectivity index (χ1v) is 6.04. The number of hydrogen-bond donors (Lipinski definition) is 2. The normalized spacial score (nSPS) is 10.3. The molecule has 0 fully saturated rings. The standard InChI is InChI=1S/C11H8ClN3O2S/c12-6-1-2-9(14-4-6)18-10-8(11(16)17)3-7(13)5-15-10/h1-5H,13H2,(H,16,17). The van der Waals surface area contributed by atoms with E-state index in [2.05, 4.69) is 9.97 Å². The van der Waals surface area contributed by atoms with Crippen LogP contribution in [0.4, 0.5) is 5.69 Å². The number of rotatable bonds is 3. The number of aromatic nitrogens is 2. The van der Waals surface area contributed by atoms with Crippen LogP contribution in [-0.4, -0.2) is 21.0 Å². The number of carbonyl (C=O) groups is 1. The van der Waals surface area contributed by atoms with E-state index in [-0.39, 0.29) is 5.56 Å². The summed E-state index contributed by atoms with van der Waals surface area (Å²) in [7, 11) is 0. The average molecular weight is 282 g/mol. The molecule has 7 heteroatoms. The highest BCUT2D eigenvalue weighted by Crippen LogP contribution is 2.28. The maximum atomic E-state index is 11.1. The Hall–Kier alpha value is -1.79. The molecule has 0 saturated carbocycles. The zero-order valence-electron chi connectivity index (χ0n) is 9.00. The van der Waals surface area contributed by atoms with Crippen LogP contribution >= 0.6 is 23.4 Å². The van der Waals surface area contributed by atoms with Gasteiger partial charge in [0.25, 0.3) is 0 Å². The Bertz CT molecular complexity index is 589. The molecule has 0 atom stereocenters. The Kier molecular flexibility index (Phi) is 3.69. The lowest BCUT2D eigenvalue weighted by molar-refractivity contribution is 0.0692. The van der Waals surface area contributed by atoms with Crippen LogP contribution in [0.25, 0.3) is 0 Å². The number of anilines is 1. The fraction of sp³-hybridized carbons (Fsp3) is 0. The minimum atomic E-state index is -1.08. The molecule has 5 nitrogen and oxygen atoms in total. The summed E-state index contributed by atoms with van der Waals surface area (Å²) >= 11 is 6.86. The maximum absolute atomic E-state index is 11.1. The molecular weight excluding hydrogens is 274 g/mol. The third-order valence-corrected chi connectivity index (χ3v) is 3.20. The summed E-state index contributed by atoms with van der Waals surface area (Å²) in [6.07, 6.45) is 2.90. The van der Waals surface area contributed by atoms with Crippen molar-refractivity contribution in [1.29, 1.82) is 0 Å². The first-order chi connectivity index (χ1) is 8.56. The van der Waals surface area contributed by atoms with Crippen molar-refractivity contribution < 1.29 is 9.90 Å². The number of halogens is 1. The molecule has 0 aliphatic carbocycles. The molecular formula is C11H8ClN3O2S. The van der Waals surface area contributed by atoms with E-state index in [9.17, 15) is 4.79 Å². The lowest BCUT2D eigenvalue weighted by Gasteiger charge is -2.05. The molecule has 2 heterocycles. The molecule has 92 valence electrons. The van der Waals surface area contributed by atoms with Gasteiger partial charge in [0.2, 0.25) is 0 Å². The number of nitrogens with zero attached hydrogens (tertiary/aromatic N) is 2. The number of nitrogens with two attached hydrogens (primary N) is 1. The highest BCUT2D eigenvalue weighted by atomic mass is 35.5. The Morgan fingerprint density at radius 3 is 2.72 bits per heavy atom. The van der Waals surface area contributed by atoms with E-state index in [1.54, 1.807) is 12.1 Å². The van der Waals surface area contributed by atoms with Gasteiger partial charge >= 0.3 is 5.97 Å². The second-order valence-corrected chi connectivity index (χ2v) is 4.79. The van der Waals surface area contributed by atoms with Gasteiger partial charge in [0.15, 0.2) is 0 Å².